The summed E-state index contributed by atoms with van der Waals surface area (Å²) < 4.78 is 5.87. The van der Waals surface area contributed by atoms with E-state index in [2.05, 4.69) is 41.9 Å². The third-order valence-electron chi connectivity index (χ3n) is 3.81. The van der Waals surface area contributed by atoms with Crippen LogP contribution in [0.25, 0.3) is 0 Å². The molecular weight excluding hydrogens is 244 g/mol. The fourth-order valence-corrected chi connectivity index (χ4v) is 3.61. The van der Waals surface area contributed by atoms with Crippen LogP contribution >= 0.6 is 11.8 Å². The van der Waals surface area contributed by atoms with Crippen LogP contribution in [0.4, 0.5) is 0 Å². The van der Waals surface area contributed by atoms with Gasteiger partial charge in [-0.2, -0.15) is 11.8 Å². The standard InChI is InChI=1S/C14H24N2OS/c1-10-12(3)18-6-5-16(10)9-14-7-13(8-15-4)11(2)17-14/h7,10,12,15H,5-6,8-9H2,1-4H3. The maximum absolute atomic E-state index is 5.87. The van der Waals surface area contributed by atoms with Crippen molar-refractivity contribution >= 4 is 11.8 Å². The van der Waals surface area contributed by atoms with E-state index < -0.39 is 0 Å². The third-order valence-corrected chi connectivity index (χ3v) is 5.15. The van der Waals surface area contributed by atoms with Gasteiger partial charge in [0.15, 0.2) is 0 Å². The fraction of sp³-hybridized carbons (Fsp3) is 0.714. The molecule has 1 N–H and O–H groups in total. The first-order chi connectivity index (χ1) is 8.61. The van der Waals surface area contributed by atoms with Crippen LogP contribution in [0, 0.1) is 6.92 Å². The van der Waals surface area contributed by atoms with Gasteiger partial charge in [-0.1, -0.05) is 6.92 Å². The Bertz CT molecular complexity index is 391. The van der Waals surface area contributed by atoms with Gasteiger partial charge in [0.2, 0.25) is 0 Å². The van der Waals surface area contributed by atoms with Gasteiger partial charge in [0.1, 0.15) is 11.5 Å². The Morgan fingerprint density at radius 1 is 1.50 bits per heavy atom. The minimum Gasteiger partial charge on any atom is -0.465 e. The monoisotopic (exact) mass is 268 g/mol. The van der Waals surface area contributed by atoms with Crippen LogP contribution < -0.4 is 5.32 Å². The smallest absolute Gasteiger partial charge is 0.118 e. The summed E-state index contributed by atoms with van der Waals surface area (Å²) >= 11 is 2.07. The molecule has 1 aliphatic rings. The molecule has 0 spiro atoms. The second-order valence-corrected chi connectivity index (χ2v) is 6.60. The number of furan rings is 1. The molecule has 1 aromatic rings. The van der Waals surface area contributed by atoms with Gasteiger partial charge >= 0.3 is 0 Å². The number of aryl methyl sites for hydroxylation is 1. The average Bonchev–Trinajstić information content (AvgIpc) is 2.66. The number of nitrogens with one attached hydrogen (secondary N) is 1. The van der Waals surface area contributed by atoms with Gasteiger partial charge in [0.05, 0.1) is 6.54 Å². The number of rotatable bonds is 4. The Morgan fingerprint density at radius 3 is 3.00 bits per heavy atom. The van der Waals surface area contributed by atoms with E-state index in [9.17, 15) is 0 Å². The van der Waals surface area contributed by atoms with Crippen molar-refractivity contribution in [3.8, 4) is 0 Å². The molecule has 1 fully saturated rings. The Kier molecular flexibility index (Phi) is 4.76. The van der Waals surface area contributed by atoms with Crippen LogP contribution in [0.1, 0.15) is 30.9 Å². The second-order valence-electron chi connectivity index (χ2n) is 5.11. The molecule has 2 unspecified atom stereocenters. The van der Waals surface area contributed by atoms with E-state index in [1.165, 1.54) is 11.3 Å². The summed E-state index contributed by atoms with van der Waals surface area (Å²) in [5, 5.41) is 3.90. The fourth-order valence-electron chi connectivity index (χ4n) is 2.45. The molecule has 1 saturated heterocycles. The molecule has 1 aromatic heterocycles. The zero-order chi connectivity index (χ0) is 13.1. The topological polar surface area (TPSA) is 28.4 Å². The highest BCUT2D eigenvalue weighted by Crippen LogP contribution is 2.26. The van der Waals surface area contributed by atoms with E-state index in [-0.39, 0.29) is 0 Å². The average molecular weight is 268 g/mol. The SMILES string of the molecule is CNCc1cc(CN2CCSC(C)C2C)oc1C. The van der Waals surface area contributed by atoms with E-state index in [1.54, 1.807) is 0 Å². The molecular formula is C14H24N2OS. The Labute approximate surface area is 114 Å². The van der Waals surface area contributed by atoms with Gasteiger partial charge in [0.25, 0.3) is 0 Å². The minimum absolute atomic E-state index is 0.627. The predicted octanol–water partition coefficient (Wildman–Crippen LogP) is 2.63. The van der Waals surface area contributed by atoms with E-state index >= 15 is 0 Å². The van der Waals surface area contributed by atoms with Gasteiger partial charge in [-0.3, -0.25) is 4.90 Å². The van der Waals surface area contributed by atoms with Crippen molar-refractivity contribution < 1.29 is 4.42 Å². The molecule has 2 heterocycles. The van der Waals surface area contributed by atoms with Crippen LogP contribution in [0.2, 0.25) is 0 Å². The van der Waals surface area contributed by atoms with Gasteiger partial charge in [-0.05, 0) is 27.0 Å². The lowest BCUT2D eigenvalue weighted by molar-refractivity contribution is 0.188. The van der Waals surface area contributed by atoms with E-state index in [0.29, 0.717) is 11.3 Å². The molecule has 0 aromatic carbocycles. The van der Waals surface area contributed by atoms with Crippen molar-refractivity contribution in [2.24, 2.45) is 0 Å². The van der Waals surface area contributed by atoms with Crippen LogP contribution in [-0.4, -0.2) is 35.5 Å². The maximum atomic E-state index is 5.87. The molecule has 0 bridgehead atoms. The Morgan fingerprint density at radius 2 is 2.28 bits per heavy atom. The zero-order valence-corrected chi connectivity index (χ0v) is 12.6. The van der Waals surface area contributed by atoms with Crippen LogP contribution in [-0.2, 0) is 13.1 Å². The largest absolute Gasteiger partial charge is 0.465 e. The summed E-state index contributed by atoms with van der Waals surface area (Å²) in [4.78, 5) is 2.53. The Balaban J connectivity index is 2.02. The lowest BCUT2D eigenvalue weighted by Gasteiger charge is -2.36. The van der Waals surface area contributed by atoms with Crippen molar-refractivity contribution in [3.05, 3.63) is 23.2 Å². The molecule has 0 aliphatic carbocycles. The molecule has 3 nitrogen and oxygen atoms in total. The zero-order valence-electron chi connectivity index (χ0n) is 11.8. The molecule has 0 amide bonds. The quantitative estimate of drug-likeness (QED) is 0.909. The summed E-state index contributed by atoms with van der Waals surface area (Å²) in [5.74, 6) is 3.38. The predicted molar refractivity (Wildman–Crippen MR) is 78.0 cm³/mol. The number of thioether (sulfide) groups is 1. The van der Waals surface area contributed by atoms with Gasteiger partial charge in [-0.25, -0.2) is 0 Å². The Hall–Kier alpha value is -0.450. The van der Waals surface area contributed by atoms with Crippen molar-refractivity contribution in [1.82, 2.24) is 10.2 Å². The summed E-state index contributed by atoms with van der Waals surface area (Å²) in [6, 6.07) is 2.83. The molecule has 2 rings (SSSR count). The molecule has 18 heavy (non-hydrogen) atoms. The highest BCUT2D eigenvalue weighted by molar-refractivity contribution is 8.00. The molecule has 1 aliphatic heterocycles. The second kappa shape index (κ2) is 6.13. The van der Waals surface area contributed by atoms with Crippen molar-refractivity contribution in [2.45, 2.75) is 45.2 Å². The minimum atomic E-state index is 0.627. The molecule has 102 valence electrons. The molecule has 0 saturated carbocycles. The lowest BCUT2D eigenvalue weighted by Crippen LogP contribution is -2.43. The van der Waals surface area contributed by atoms with Crippen molar-refractivity contribution in [3.63, 3.8) is 0 Å². The maximum Gasteiger partial charge on any atom is 0.118 e. The van der Waals surface area contributed by atoms with Crippen LogP contribution in [0.5, 0.6) is 0 Å². The first-order valence-electron chi connectivity index (χ1n) is 6.70. The number of nitrogens with zero attached hydrogens (tertiary/aromatic N) is 1. The van der Waals surface area contributed by atoms with Gasteiger partial charge in [-0.15, -0.1) is 0 Å². The molecule has 0 radical (unpaired) electrons. The summed E-state index contributed by atoms with van der Waals surface area (Å²) in [5.41, 5.74) is 1.28. The van der Waals surface area contributed by atoms with E-state index in [4.69, 9.17) is 4.42 Å². The van der Waals surface area contributed by atoms with E-state index in [1.807, 2.05) is 14.0 Å². The number of hydrogen-bond acceptors (Lipinski definition) is 4. The highest BCUT2D eigenvalue weighted by atomic mass is 32.2. The normalized spacial score (nSPS) is 25.6. The van der Waals surface area contributed by atoms with E-state index in [0.717, 1.165) is 31.2 Å². The van der Waals surface area contributed by atoms with Gasteiger partial charge < -0.3 is 9.73 Å². The molecule has 4 heteroatoms. The lowest BCUT2D eigenvalue weighted by atomic mass is 10.2. The highest BCUT2D eigenvalue weighted by Gasteiger charge is 2.25. The van der Waals surface area contributed by atoms with Crippen LogP contribution in [0.15, 0.2) is 10.5 Å². The third kappa shape index (κ3) is 3.11. The first-order valence-corrected chi connectivity index (χ1v) is 7.75. The van der Waals surface area contributed by atoms with Gasteiger partial charge in [0, 0.05) is 35.7 Å². The first kappa shape index (κ1) is 14.0. The van der Waals surface area contributed by atoms with Crippen LogP contribution in [0.3, 0.4) is 0 Å². The summed E-state index contributed by atoms with van der Waals surface area (Å²) in [6.45, 7) is 9.68. The molecule has 2 atom stereocenters. The van der Waals surface area contributed by atoms with Crippen molar-refractivity contribution in [2.75, 3.05) is 19.3 Å². The summed E-state index contributed by atoms with van der Waals surface area (Å²) in [6.07, 6.45) is 0. The number of hydrogen-bond donors (Lipinski definition) is 1. The summed E-state index contributed by atoms with van der Waals surface area (Å²) in [7, 11) is 1.97. The van der Waals surface area contributed by atoms with Crippen molar-refractivity contribution in [1.29, 1.82) is 0 Å².